The minimum atomic E-state index is -0.132. The standard InChI is InChI=1S/C40H52N2/c1-13-21-41(22-14-2)37-29(5)25-35(26-30(37)6)39(9,10)33-17-19-34(20-18-33)40(11,12)36-27-31(7)38(32(8)28-36)42(23-15-3)24-16-4/h13-20,25-28H,1-4,21-24H2,5-12H3. The third kappa shape index (κ3) is 6.65. The molecule has 0 amide bonds. The topological polar surface area (TPSA) is 6.48 Å². The number of rotatable bonds is 14. The van der Waals surface area contributed by atoms with Gasteiger partial charge in [-0.05, 0) is 72.2 Å². The lowest BCUT2D eigenvalue weighted by atomic mass is 9.73. The Balaban J connectivity index is 1.96. The van der Waals surface area contributed by atoms with Crippen molar-refractivity contribution in [2.45, 2.75) is 66.2 Å². The first-order valence-corrected chi connectivity index (χ1v) is 15.1. The molecule has 0 saturated heterocycles. The van der Waals surface area contributed by atoms with Crippen LogP contribution in [-0.4, -0.2) is 26.2 Å². The fraction of sp³-hybridized carbons (Fsp3) is 0.350. The van der Waals surface area contributed by atoms with E-state index in [4.69, 9.17) is 0 Å². The Morgan fingerprint density at radius 2 is 0.714 bits per heavy atom. The molecule has 0 unspecified atom stereocenters. The van der Waals surface area contributed by atoms with E-state index in [1.807, 2.05) is 24.3 Å². The van der Waals surface area contributed by atoms with Gasteiger partial charge in [-0.2, -0.15) is 0 Å². The number of nitrogens with zero attached hydrogens (tertiary/aromatic N) is 2. The number of benzene rings is 3. The Kier molecular flexibility index (Phi) is 10.5. The van der Waals surface area contributed by atoms with Crippen LogP contribution >= 0.6 is 0 Å². The predicted molar refractivity (Wildman–Crippen MR) is 188 cm³/mol. The molecule has 0 bridgehead atoms. The maximum atomic E-state index is 3.96. The minimum Gasteiger partial charge on any atom is -0.364 e. The van der Waals surface area contributed by atoms with E-state index in [0.29, 0.717) is 0 Å². The minimum absolute atomic E-state index is 0.132. The monoisotopic (exact) mass is 560 g/mol. The van der Waals surface area contributed by atoms with Crippen LogP contribution in [0.25, 0.3) is 0 Å². The first kappa shape index (κ1) is 32.7. The maximum absolute atomic E-state index is 3.96. The number of hydrogen-bond acceptors (Lipinski definition) is 2. The lowest BCUT2D eigenvalue weighted by Gasteiger charge is -2.33. The van der Waals surface area contributed by atoms with Gasteiger partial charge < -0.3 is 9.80 Å². The largest absolute Gasteiger partial charge is 0.364 e. The maximum Gasteiger partial charge on any atom is 0.0431 e. The Hall–Kier alpha value is -3.78. The Morgan fingerprint density at radius 3 is 0.929 bits per heavy atom. The SMILES string of the molecule is C=CCN(CC=C)c1c(C)cc(C(C)(C)c2ccc(C(C)(C)c3cc(C)c(N(CC=C)CC=C)c(C)c3)cc2)cc1C. The molecule has 0 aromatic heterocycles. The summed E-state index contributed by atoms with van der Waals surface area (Å²) >= 11 is 0. The first-order chi connectivity index (χ1) is 19.8. The lowest BCUT2D eigenvalue weighted by molar-refractivity contribution is 0.625. The van der Waals surface area contributed by atoms with Crippen LogP contribution in [-0.2, 0) is 10.8 Å². The van der Waals surface area contributed by atoms with Crippen LogP contribution in [0.15, 0.2) is 99.2 Å². The number of anilines is 2. The highest BCUT2D eigenvalue weighted by Crippen LogP contribution is 2.39. The van der Waals surface area contributed by atoms with E-state index in [0.717, 1.165) is 26.2 Å². The van der Waals surface area contributed by atoms with Crippen LogP contribution in [0, 0.1) is 27.7 Å². The van der Waals surface area contributed by atoms with Gasteiger partial charge in [0, 0.05) is 48.4 Å². The van der Waals surface area contributed by atoms with E-state index in [9.17, 15) is 0 Å². The summed E-state index contributed by atoms with van der Waals surface area (Å²) in [5.41, 5.74) is 12.7. The van der Waals surface area contributed by atoms with E-state index in [2.05, 4.69) is 140 Å². The molecule has 2 heteroatoms. The smallest absolute Gasteiger partial charge is 0.0431 e. The summed E-state index contributed by atoms with van der Waals surface area (Å²) in [5.74, 6) is 0. The van der Waals surface area contributed by atoms with E-state index >= 15 is 0 Å². The van der Waals surface area contributed by atoms with E-state index in [-0.39, 0.29) is 10.8 Å². The molecule has 3 aromatic rings. The van der Waals surface area contributed by atoms with Crippen molar-refractivity contribution in [3.8, 4) is 0 Å². The van der Waals surface area contributed by atoms with Crippen molar-refractivity contribution in [1.29, 1.82) is 0 Å². The molecule has 0 fully saturated rings. The summed E-state index contributed by atoms with van der Waals surface area (Å²) in [5, 5.41) is 0. The molecular weight excluding hydrogens is 508 g/mol. The van der Waals surface area contributed by atoms with Crippen molar-refractivity contribution in [1.82, 2.24) is 0 Å². The van der Waals surface area contributed by atoms with Crippen LogP contribution < -0.4 is 9.80 Å². The zero-order valence-electron chi connectivity index (χ0n) is 27.5. The Morgan fingerprint density at radius 1 is 0.476 bits per heavy atom. The van der Waals surface area contributed by atoms with Crippen LogP contribution in [0.5, 0.6) is 0 Å². The van der Waals surface area contributed by atoms with E-state index < -0.39 is 0 Å². The van der Waals surface area contributed by atoms with Crippen molar-refractivity contribution in [2.24, 2.45) is 0 Å². The summed E-state index contributed by atoms with van der Waals surface area (Å²) in [6, 6.07) is 18.7. The molecule has 0 atom stereocenters. The third-order valence-corrected chi connectivity index (χ3v) is 8.78. The van der Waals surface area contributed by atoms with E-state index in [1.54, 1.807) is 0 Å². The second-order valence-electron chi connectivity index (χ2n) is 12.7. The van der Waals surface area contributed by atoms with Crippen molar-refractivity contribution >= 4 is 11.4 Å². The highest BCUT2D eigenvalue weighted by Gasteiger charge is 2.28. The zero-order chi connectivity index (χ0) is 31.2. The summed E-state index contributed by atoms with van der Waals surface area (Å²) in [7, 11) is 0. The van der Waals surface area contributed by atoms with Gasteiger partial charge in [-0.15, -0.1) is 26.3 Å². The summed E-state index contributed by atoms with van der Waals surface area (Å²) in [6.07, 6.45) is 7.84. The highest BCUT2D eigenvalue weighted by molar-refractivity contribution is 5.64. The lowest BCUT2D eigenvalue weighted by Crippen LogP contribution is -2.26. The van der Waals surface area contributed by atoms with Crippen LogP contribution in [0.3, 0.4) is 0 Å². The molecule has 0 aliphatic heterocycles. The average molecular weight is 561 g/mol. The quantitative estimate of drug-likeness (QED) is 0.181. The van der Waals surface area contributed by atoms with Gasteiger partial charge in [-0.25, -0.2) is 0 Å². The molecule has 0 heterocycles. The molecule has 0 spiro atoms. The molecule has 3 rings (SSSR count). The second kappa shape index (κ2) is 13.5. The van der Waals surface area contributed by atoms with Crippen molar-refractivity contribution < 1.29 is 0 Å². The van der Waals surface area contributed by atoms with Crippen LogP contribution in [0.2, 0.25) is 0 Å². The van der Waals surface area contributed by atoms with Crippen LogP contribution in [0.1, 0.15) is 72.2 Å². The van der Waals surface area contributed by atoms with Gasteiger partial charge in [0.25, 0.3) is 0 Å². The normalized spacial score (nSPS) is 11.6. The summed E-state index contributed by atoms with van der Waals surface area (Å²) < 4.78 is 0. The molecule has 0 radical (unpaired) electrons. The molecular formula is C40H52N2. The molecule has 2 nitrogen and oxygen atoms in total. The van der Waals surface area contributed by atoms with Gasteiger partial charge in [0.2, 0.25) is 0 Å². The molecule has 222 valence electrons. The van der Waals surface area contributed by atoms with Gasteiger partial charge in [-0.3, -0.25) is 0 Å². The number of aryl methyl sites for hydroxylation is 4. The average Bonchev–Trinajstić information content (AvgIpc) is 2.92. The second-order valence-corrected chi connectivity index (χ2v) is 12.7. The zero-order valence-corrected chi connectivity index (χ0v) is 27.5. The van der Waals surface area contributed by atoms with Gasteiger partial charge in [0.05, 0.1) is 0 Å². The highest BCUT2D eigenvalue weighted by atomic mass is 15.1. The molecule has 0 aliphatic rings. The molecule has 3 aromatic carbocycles. The summed E-state index contributed by atoms with van der Waals surface area (Å²) in [4.78, 5) is 4.68. The fourth-order valence-electron chi connectivity index (χ4n) is 6.41. The molecule has 0 aliphatic carbocycles. The van der Waals surface area contributed by atoms with Gasteiger partial charge in [0.1, 0.15) is 0 Å². The molecule has 42 heavy (non-hydrogen) atoms. The van der Waals surface area contributed by atoms with Crippen LogP contribution in [0.4, 0.5) is 11.4 Å². The van der Waals surface area contributed by atoms with Crippen molar-refractivity contribution in [2.75, 3.05) is 36.0 Å². The number of hydrogen-bond donors (Lipinski definition) is 0. The van der Waals surface area contributed by atoms with E-state index in [1.165, 1.54) is 55.9 Å². The molecule has 0 saturated carbocycles. The summed E-state index contributed by atoms with van der Waals surface area (Å²) in [6.45, 7) is 37.2. The predicted octanol–water partition coefficient (Wildman–Crippen LogP) is 9.93. The van der Waals surface area contributed by atoms with Crippen molar-refractivity contribution in [3.63, 3.8) is 0 Å². The van der Waals surface area contributed by atoms with Gasteiger partial charge in [-0.1, -0.05) is 101 Å². The Labute approximate surface area is 256 Å². The molecule has 0 N–H and O–H groups in total. The first-order valence-electron chi connectivity index (χ1n) is 15.1. The third-order valence-electron chi connectivity index (χ3n) is 8.78. The van der Waals surface area contributed by atoms with Gasteiger partial charge >= 0.3 is 0 Å². The van der Waals surface area contributed by atoms with Gasteiger partial charge in [0.15, 0.2) is 0 Å². The van der Waals surface area contributed by atoms with Crippen molar-refractivity contribution in [3.05, 3.63) is 144 Å². The Bertz CT molecular complexity index is 1260. The fourth-order valence-corrected chi connectivity index (χ4v) is 6.41.